The summed E-state index contributed by atoms with van der Waals surface area (Å²) in [5, 5.41) is 0. The van der Waals surface area contributed by atoms with Crippen molar-refractivity contribution >= 4 is 11.7 Å². The highest BCUT2D eigenvalue weighted by Gasteiger charge is 2.40. The topological polar surface area (TPSA) is 49.9 Å². The summed E-state index contributed by atoms with van der Waals surface area (Å²) in [5.41, 5.74) is 0. The van der Waals surface area contributed by atoms with Gasteiger partial charge in [0.15, 0.2) is 0 Å². The predicted molar refractivity (Wildman–Crippen MR) is 48.8 cm³/mol. The normalized spacial score (nSPS) is 30.1. The number of amides is 1. The van der Waals surface area contributed by atoms with Crippen molar-refractivity contribution < 1.29 is 14.3 Å². The summed E-state index contributed by atoms with van der Waals surface area (Å²) >= 11 is 0. The third-order valence-corrected chi connectivity index (χ3v) is 2.79. The van der Waals surface area contributed by atoms with Crippen LogP contribution in [0.3, 0.4) is 0 Å². The van der Waals surface area contributed by atoms with Gasteiger partial charge in [0.2, 0.25) is 5.78 Å². The Morgan fingerprint density at radius 3 is 2.43 bits per heavy atom. The second-order valence-corrected chi connectivity index (χ2v) is 3.71. The van der Waals surface area contributed by atoms with E-state index in [2.05, 4.69) is 0 Å². The van der Waals surface area contributed by atoms with Crippen LogP contribution >= 0.6 is 0 Å². The third-order valence-electron chi connectivity index (χ3n) is 2.79. The molecular formula is C9H14N2O3. The van der Waals surface area contributed by atoms with Gasteiger partial charge in [0.05, 0.1) is 19.3 Å². The molecule has 0 N–H and O–H groups in total. The maximum absolute atomic E-state index is 11.5. The van der Waals surface area contributed by atoms with Gasteiger partial charge in [-0.3, -0.25) is 14.5 Å². The van der Waals surface area contributed by atoms with Crippen LogP contribution in [0.4, 0.5) is 0 Å². The minimum absolute atomic E-state index is 0.239. The first-order chi connectivity index (χ1) is 6.70. The monoisotopic (exact) mass is 198 g/mol. The van der Waals surface area contributed by atoms with Crippen molar-refractivity contribution in [3.05, 3.63) is 0 Å². The minimum Gasteiger partial charge on any atom is -0.379 e. The molecule has 1 amide bonds. The summed E-state index contributed by atoms with van der Waals surface area (Å²) in [4.78, 5) is 26.3. The number of likely N-dealkylation sites (N-methyl/N-ethyl adjacent to an activating group) is 1. The van der Waals surface area contributed by atoms with E-state index in [0.29, 0.717) is 19.8 Å². The molecular weight excluding hydrogens is 184 g/mol. The Balaban J connectivity index is 2.04. The van der Waals surface area contributed by atoms with Crippen LogP contribution in [0.15, 0.2) is 0 Å². The zero-order chi connectivity index (χ0) is 10.1. The van der Waals surface area contributed by atoms with E-state index in [-0.39, 0.29) is 17.7 Å². The number of morpholine rings is 1. The Labute approximate surface area is 82.6 Å². The molecule has 1 atom stereocenters. The van der Waals surface area contributed by atoms with Gasteiger partial charge in [-0.2, -0.15) is 0 Å². The number of Topliss-reactive ketones (excluding diaryl/α,β-unsaturated/α-hetero) is 1. The van der Waals surface area contributed by atoms with E-state index < -0.39 is 0 Å². The largest absolute Gasteiger partial charge is 0.379 e. The van der Waals surface area contributed by atoms with Crippen molar-refractivity contribution in [2.24, 2.45) is 0 Å². The number of ketones is 1. The molecule has 5 heteroatoms. The molecule has 2 aliphatic heterocycles. The van der Waals surface area contributed by atoms with Crippen molar-refractivity contribution in [2.45, 2.75) is 6.04 Å². The highest BCUT2D eigenvalue weighted by Crippen LogP contribution is 2.13. The average molecular weight is 198 g/mol. The van der Waals surface area contributed by atoms with Crippen molar-refractivity contribution in [1.29, 1.82) is 0 Å². The summed E-state index contributed by atoms with van der Waals surface area (Å²) < 4.78 is 5.20. The van der Waals surface area contributed by atoms with Crippen molar-refractivity contribution in [3.63, 3.8) is 0 Å². The van der Waals surface area contributed by atoms with Crippen LogP contribution in [-0.2, 0) is 14.3 Å². The molecule has 0 aromatic rings. The fraction of sp³-hybridized carbons (Fsp3) is 0.778. The van der Waals surface area contributed by atoms with E-state index in [4.69, 9.17) is 4.74 Å². The summed E-state index contributed by atoms with van der Waals surface area (Å²) in [5.74, 6) is -0.629. The second kappa shape index (κ2) is 3.67. The van der Waals surface area contributed by atoms with Gasteiger partial charge >= 0.3 is 0 Å². The molecule has 5 nitrogen and oxygen atoms in total. The zero-order valence-corrected chi connectivity index (χ0v) is 8.23. The lowest BCUT2D eigenvalue weighted by molar-refractivity contribution is -0.140. The minimum atomic E-state index is -0.360. The molecule has 0 aromatic heterocycles. The standard InChI is InChI=1S/C9H14N2O3/c1-10-6-7(8(12)9(10)13)11-2-4-14-5-3-11/h7H,2-6H2,1H3. The van der Waals surface area contributed by atoms with E-state index in [1.807, 2.05) is 4.90 Å². The summed E-state index contributed by atoms with van der Waals surface area (Å²) in [6.07, 6.45) is 0. The van der Waals surface area contributed by atoms with Gasteiger partial charge in [-0.1, -0.05) is 0 Å². The summed E-state index contributed by atoms with van der Waals surface area (Å²) in [7, 11) is 1.67. The highest BCUT2D eigenvalue weighted by atomic mass is 16.5. The average Bonchev–Trinajstić information content (AvgIpc) is 2.47. The maximum atomic E-state index is 11.5. The zero-order valence-electron chi connectivity index (χ0n) is 8.23. The van der Waals surface area contributed by atoms with Crippen molar-refractivity contribution in [2.75, 3.05) is 39.9 Å². The summed E-state index contributed by atoms with van der Waals surface area (Å²) in [6.45, 7) is 3.33. The number of hydrogen-bond acceptors (Lipinski definition) is 4. The van der Waals surface area contributed by atoms with Crippen molar-refractivity contribution in [3.8, 4) is 0 Å². The molecule has 2 fully saturated rings. The third kappa shape index (κ3) is 1.53. The van der Waals surface area contributed by atoms with Crippen LogP contribution in [0.2, 0.25) is 0 Å². The van der Waals surface area contributed by atoms with Gasteiger partial charge < -0.3 is 9.64 Å². The molecule has 1 unspecified atom stereocenters. The van der Waals surface area contributed by atoms with Gasteiger partial charge in [-0.15, -0.1) is 0 Å². The lowest BCUT2D eigenvalue weighted by Gasteiger charge is -2.30. The molecule has 0 aromatic carbocycles. The van der Waals surface area contributed by atoms with Gasteiger partial charge in [0, 0.05) is 26.7 Å². The Bertz CT molecular complexity index is 261. The molecule has 0 spiro atoms. The first kappa shape index (κ1) is 9.61. The van der Waals surface area contributed by atoms with Crippen molar-refractivity contribution in [1.82, 2.24) is 9.80 Å². The lowest BCUT2D eigenvalue weighted by Crippen LogP contribution is -2.47. The summed E-state index contributed by atoms with van der Waals surface area (Å²) in [6, 6.07) is -0.239. The molecule has 2 aliphatic rings. The number of ether oxygens (including phenoxy) is 1. The molecule has 14 heavy (non-hydrogen) atoms. The fourth-order valence-corrected chi connectivity index (χ4v) is 1.93. The molecule has 2 rings (SSSR count). The molecule has 2 heterocycles. The maximum Gasteiger partial charge on any atom is 0.291 e. The number of rotatable bonds is 1. The van der Waals surface area contributed by atoms with Crippen LogP contribution in [0.1, 0.15) is 0 Å². The second-order valence-electron chi connectivity index (χ2n) is 3.71. The first-order valence-electron chi connectivity index (χ1n) is 4.81. The van der Waals surface area contributed by atoms with Crippen LogP contribution in [0.5, 0.6) is 0 Å². The van der Waals surface area contributed by atoms with Crippen LogP contribution in [0, 0.1) is 0 Å². The Kier molecular flexibility index (Phi) is 2.52. The number of likely N-dealkylation sites (tertiary alicyclic amines) is 1. The van der Waals surface area contributed by atoms with Crippen LogP contribution in [0.25, 0.3) is 0 Å². The Morgan fingerprint density at radius 1 is 1.29 bits per heavy atom. The van der Waals surface area contributed by atoms with E-state index in [1.165, 1.54) is 4.90 Å². The number of carbonyl (C=O) groups excluding carboxylic acids is 2. The molecule has 0 radical (unpaired) electrons. The van der Waals surface area contributed by atoms with Crippen LogP contribution in [-0.4, -0.2) is 67.4 Å². The lowest BCUT2D eigenvalue weighted by atomic mass is 10.2. The van der Waals surface area contributed by atoms with Gasteiger partial charge in [0.25, 0.3) is 5.91 Å². The fourth-order valence-electron chi connectivity index (χ4n) is 1.93. The van der Waals surface area contributed by atoms with E-state index in [1.54, 1.807) is 7.05 Å². The van der Waals surface area contributed by atoms with E-state index in [9.17, 15) is 9.59 Å². The number of hydrogen-bond donors (Lipinski definition) is 0. The van der Waals surface area contributed by atoms with E-state index in [0.717, 1.165) is 13.1 Å². The van der Waals surface area contributed by atoms with Gasteiger partial charge in [-0.25, -0.2) is 0 Å². The number of nitrogens with zero attached hydrogens (tertiary/aromatic N) is 2. The first-order valence-corrected chi connectivity index (χ1v) is 4.81. The molecule has 0 aliphatic carbocycles. The molecule has 0 bridgehead atoms. The highest BCUT2D eigenvalue weighted by molar-refractivity contribution is 6.40. The Morgan fingerprint density at radius 2 is 1.93 bits per heavy atom. The van der Waals surface area contributed by atoms with Crippen LogP contribution < -0.4 is 0 Å². The molecule has 2 saturated heterocycles. The quantitative estimate of drug-likeness (QED) is 0.493. The van der Waals surface area contributed by atoms with Gasteiger partial charge in [-0.05, 0) is 0 Å². The molecule has 78 valence electrons. The predicted octanol–water partition coefficient (Wildman–Crippen LogP) is -1.27. The van der Waals surface area contributed by atoms with E-state index >= 15 is 0 Å². The Hall–Kier alpha value is -0.940. The van der Waals surface area contributed by atoms with Gasteiger partial charge in [0.1, 0.15) is 0 Å². The SMILES string of the molecule is CN1CC(N2CCOCC2)C(=O)C1=O. The smallest absolute Gasteiger partial charge is 0.291 e. The number of carbonyl (C=O) groups is 2. The molecule has 0 saturated carbocycles.